The molecule has 0 amide bonds. The first kappa shape index (κ1) is 19.0. The first-order valence-electron chi connectivity index (χ1n) is 8.76. The van der Waals surface area contributed by atoms with Gasteiger partial charge in [-0.15, -0.1) is 0 Å². The van der Waals surface area contributed by atoms with Crippen molar-refractivity contribution in [3.8, 4) is 0 Å². The monoisotopic (exact) mass is 369 g/mol. The summed E-state index contributed by atoms with van der Waals surface area (Å²) in [5.74, 6) is 0. The molecule has 0 bridgehead atoms. The molecule has 0 N–H and O–H groups in total. The van der Waals surface area contributed by atoms with Crippen molar-refractivity contribution in [1.82, 2.24) is 4.90 Å². The molecule has 0 aromatic heterocycles. The molecule has 3 nitrogen and oxygen atoms in total. The maximum absolute atomic E-state index is 6.16. The third-order valence-corrected chi connectivity index (χ3v) is 5.50. The predicted molar refractivity (Wildman–Crippen MR) is 109 cm³/mol. The smallest absolute Gasteiger partial charge is 0.399 e. The number of hydrogen-bond acceptors (Lipinski definition) is 3. The van der Waals surface area contributed by atoms with Gasteiger partial charge < -0.3 is 14.2 Å². The molecule has 3 rings (SSSR count). The normalized spacial score (nSPS) is 22.0. The van der Waals surface area contributed by atoms with Crippen molar-refractivity contribution in [2.24, 2.45) is 0 Å². The fourth-order valence-electron chi connectivity index (χ4n) is 2.80. The Kier molecular flexibility index (Phi) is 4.95. The van der Waals surface area contributed by atoms with Gasteiger partial charge in [-0.2, -0.15) is 0 Å². The number of nitrogens with zero attached hydrogens (tertiary/aromatic N) is 1. The minimum atomic E-state index is -0.393. The molecule has 0 saturated carbocycles. The lowest BCUT2D eigenvalue weighted by Crippen LogP contribution is -2.41. The van der Waals surface area contributed by atoms with Crippen molar-refractivity contribution in [2.45, 2.75) is 45.8 Å². The van der Waals surface area contributed by atoms with Crippen LogP contribution in [0.25, 0.3) is 5.57 Å². The van der Waals surface area contributed by atoms with Crippen molar-refractivity contribution in [2.75, 3.05) is 0 Å². The molecule has 1 aromatic carbocycles. The Morgan fingerprint density at radius 1 is 1.08 bits per heavy atom. The minimum absolute atomic E-state index is 0.360. The van der Waals surface area contributed by atoms with E-state index in [-0.39, 0.29) is 11.2 Å². The van der Waals surface area contributed by atoms with Crippen LogP contribution < -0.4 is 0 Å². The molecular formula is C21H25BClNO2. The topological polar surface area (TPSA) is 21.7 Å². The minimum Gasteiger partial charge on any atom is -0.399 e. The van der Waals surface area contributed by atoms with Crippen LogP contribution in [-0.4, -0.2) is 23.2 Å². The molecule has 1 saturated heterocycles. The van der Waals surface area contributed by atoms with Gasteiger partial charge in [0.15, 0.2) is 0 Å². The highest BCUT2D eigenvalue weighted by atomic mass is 35.5. The quantitative estimate of drug-likeness (QED) is 0.647. The number of allylic oxidation sites excluding steroid dienone is 4. The number of hydrogen-bond donors (Lipinski definition) is 0. The largest absolute Gasteiger partial charge is 0.496 e. The zero-order valence-electron chi connectivity index (χ0n) is 16.0. The zero-order chi connectivity index (χ0) is 19.1. The molecule has 0 spiro atoms. The lowest BCUT2D eigenvalue weighted by atomic mass is 9.77. The highest BCUT2D eigenvalue weighted by Crippen LogP contribution is 2.39. The second-order valence-electron chi connectivity index (χ2n) is 7.77. The molecule has 0 atom stereocenters. The standard InChI is InChI=1S/C21H25BClNO2/c1-15(17-8-11-19(23)12-9-17)13-24-14-18(10-7-16(24)2)22-25-20(3,4)21(5,6)26-22/h7-14H,2H2,1,3-6H3/b15-13+. The van der Waals surface area contributed by atoms with E-state index in [1.54, 1.807) is 0 Å². The highest BCUT2D eigenvalue weighted by molar-refractivity contribution is 6.55. The van der Waals surface area contributed by atoms with Gasteiger partial charge in [0, 0.05) is 23.1 Å². The highest BCUT2D eigenvalue weighted by Gasteiger charge is 2.52. The molecule has 136 valence electrons. The Morgan fingerprint density at radius 3 is 2.23 bits per heavy atom. The van der Waals surface area contributed by atoms with E-state index in [1.165, 1.54) is 0 Å². The average Bonchev–Trinajstić information content (AvgIpc) is 2.78. The van der Waals surface area contributed by atoms with E-state index >= 15 is 0 Å². The van der Waals surface area contributed by atoms with Crippen molar-refractivity contribution in [1.29, 1.82) is 0 Å². The van der Waals surface area contributed by atoms with Crippen LogP contribution in [0.4, 0.5) is 0 Å². The maximum Gasteiger partial charge on any atom is 0.496 e. The van der Waals surface area contributed by atoms with Gasteiger partial charge in [-0.3, -0.25) is 0 Å². The Hall–Kier alpha value is -1.75. The molecule has 0 unspecified atom stereocenters. The van der Waals surface area contributed by atoms with Crippen LogP contribution in [0, 0.1) is 0 Å². The van der Waals surface area contributed by atoms with E-state index in [1.807, 2.05) is 47.5 Å². The van der Waals surface area contributed by atoms with Crippen LogP contribution in [0.1, 0.15) is 40.2 Å². The summed E-state index contributed by atoms with van der Waals surface area (Å²) in [6, 6.07) is 7.81. The Labute approximate surface area is 161 Å². The molecule has 0 radical (unpaired) electrons. The van der Waals surface area contributed by atoms with Crippen molar-refractivity contribution in [3.63, 3.8) is 0 Å². The summed E-state index contributed by atoms with van der Waals surface area (Å²) < 4.78 is 12.3. The predicted octanol–water partition coefficient (Wildman–Crippen LogP) is 5.60. The zero-order valence-corrected chi connectivity index (χ0v) is 16.8. The summed E-state index contributed by atoms with van der Waals surface area (Å²) in [6.45, 7) is 14.4. The third kappa shape index (κ3) is 3.68. The molecular weight excluding hydrogens is 345 g/mol. The van der Waals surface area contributed by atoms with Gasteiger partial charge in [0.2, 0.25) is 0 Å². The summed E-state index contributed by atoms with van der Waals surface area (Å²) >= 11 is 5.98. The summed E-state index contributed by atoms with van der Waals surface area (Å²) in [4.78, 5) is 2.00. The number of benzene rings is 1. The van der Waals surface area contributed by atoms with E-state index in [0.29, 0.717) is 0 Å². The Bertz CT molecular complexity index is 790. The number of rotatable bonds is 3. The van der Waals surface area contributed by atoms with Gasteiger partial charge in [-0.1, -0.05) is 36.4 Å². The third-order valence-electron chi connectivity index (χ3n) is 5.25. The fourth-order valence-corrected chi connectivity index (χ4v) is 2.93. The van der Waals surface area contributed by atoms with Gasteiger partial charge in [-0.25, -0.2) is 0 Å². The molecule has 1 aromatic rings. The van der Waals surface area contributed by atoms with Gasteiger partial charge in [0.05, 0.1) is 11.2 Å². The van der Waals surface area contributed by atoms with Gasteiger partial charge in [0.25, 0.3) is 0 Å². The van der Waals surface area contributed by atoms with E-state index in [2.05, 4.69) is 47.4 Å². The molecule has 26 heavy (non-hydrogen) atoms. The van der Waals surface area contributed by atoms with E-state index in [0.717, 1.165) is 27.3 Å². The molecule has 0 aliphatic carbocycles. The molecule has 2 heterocycles. The lowest BCUT2D eigenvalue weighted by molar-refractivity contribution is 0.00578. The Morgan fingerprint density at radius 2 is 1.65 bits per heavy atom. The summed E-state index contributed by atoms with van der Waals surface area (Å²) in [7, 11) is -0.393. The summed E-state index contributed by atoms with van der Waals surface area (Å²) in [5, 5.41) is 0.731. The average molecular weight is 370 g/mol. The van der Waals surface area contributed by atoms with Crippen LogP contribution in [0.5, 0.6) is 0 Å². The molecule has 2 aliphatic heterocycles. The second-order valence-corrected chi connectivity index (χ2v) is 8.20. The van der Waals surface area contributed by atoms with Crippen LogP contribution in [0.2, 0.25) is 5.02 Å². The first-order valence-corrected chi connectivity index (χ1v) is 9.14. The number of halogens is 1. The SMILES string of the molecule is C=C1C=CC(B2OC(C)(C)C(C)(C)O2)=CN1/C=C(\C)c1ccc(Cl)cc1. The summed E-state index contributed by atoms with van der Waals surface area (Å²) in [6.07, 6.45) is 8.06. The summed E-state index contributed by atoms with van der Waals surface area (Å²) in [5.41, 5.74) is 3.36. The lowest BCUT2D eigenvalue weighted by Gasteiger charge is -2.32. The van der Waals surface area contributed by atoms with Crippen LogP contribution in [0.3, 0.4) is 0 Å². The molecule has 1 fully saturated rings. The van der Waals surface area contributed by atoms with Crippen LogP contribution >= 0.6 is 11.6 Å². The van der Waals surface area contributed by atoms with E-state index < -0.39 is 7.12 Å². The maximum atomic E-state index is 6.16. The van der Waals surface area contributed by atoms with Gasteiger partial charge in [0.1, 0.15) is 0 Å². The van der Waals surface area contributed by atoms with Crippen molar-refractivity contribution < 1.29 is 9.31 Å². The Balaban J connectivity index is 1.84. The first-order chi connectivity index (χ1) is 12.1. The van der Waals surface area contributed by atoms with Crippen molar-refractivity contribution >= 4 is 24.3 Å². The van der Waals surface area contributed by atoms with Crippen molar-refractivity contribution in [3.05, 3.63) is 77.2 Å². The fraction of sp³-hybridized carbons (Fsp3) is 0.333. The van der Waals surface area contributed by atoms with Gasteiger partial charge >= 0.3 is 7.12 Å². The van der Waals surface area contributed by atoms with Crippen LogP contribution in [0.15, 0.2) is 66.6 Å². The van der Waals surface area contributed by atoms with Crippen LogP contribution in [-0.2, 0) is 9.31 Å². The molecule has 2 aliphatic rings. The van der Waals surface area contributed by atoms with Gasteiger partial charge in [-0.05, 0) is 69.4 Å². The van der Waals surface area contributed by atoms with E-state index in [4.69, 9.17) is 20.9 Å². The molecule has 5 heteroatoms. The van der Waals surface area contributed by atoms with E-state index in [9.17, 15) is 0 Å². The second kappa shape index (κ2) is 6.77.